The number of pyridine rings is 1. The number of fused-ring (bicyclic) bond motifs is 1. The summed E-state index contributed by atoms with van der Waals surface area (Å²) in [5.41, 5.74) is 3.76. The molecule has 2 rings (SSSR count). The van der Waals surface area contributed by atoms with E-state index in [4.69, 9.17) is 5.73 Å². The summed E-state index contributed by atoms with van der Waals surface area (Å²) in [6.07, 6.45) is 1.21. The van der Waals surface area contributed by atoms with Crippen molar-refractivity contribution in [3.05, 3.63) is 39.7 Å². The van der Waals surface area contributed by atoms with Crippen molar-refractivity contribution in [2.75, 3.05) is 18.9 Å². The highest BCUT2D eigenvalue weighted by Crippen LogP contribution is 2.24. The number of anilines is 1. The van der Waals surface area contributed by atoms with E-state index in [0.29, 0.717) is 0 Å². The molecule has 1 aromatic heterocycles. The van der Waals surface area contributed by atoms with Gasteiger partial charge in [0.15, 0.2) is 11.6 Å². The second kappa shape index (κ2) is 7.29. The molecule has 0 aliphatic rings. The predicted octanol–water partition coefficient (Wildman–Crippen LogP) is 1.17. The van der Waals surface area contributed by atoms with Crippen molar-refractivity contribution in [3.8, 4) is 0 Å². The molecule has 3 N–H and O–H groups in total. The number of hydrogen-bond acceptors (Lipinski definition) is 5. The molecule has 0 aliphatic heterocycles. The van der Waals surface area contributed by atoms with Crippen LogP contribution in [-0.4, -0.2) is 29.6 Å². The largest absolute Gasteiger partial charge is 0.465 e. The maximum absolute atomic E-state index is 13.7. The molecule has 1 aromatic carbocycles. The highest BCUT2D eigenvalue weighted by Gasteiger charge is 2.21. The zero-order valence-corrected chi connectivity index (χ0v) is 13.7. The highest BCUT2D eigenvalue weighted by molar-refractivity contribution is 6.01. The zero-order chi connectivity index (χ0) is 18.7. The minimum absolute atomic E-state index is 0.0749. The number of esters is 1. The second-order valence-corrected chi connectivity index (χ2v) is 5.13. The predicted molar refractivity (Wildman–Crippen MR) is 87.2 cm³/mol. The SMILES string of the molecule is CCOC(=O)CNC(=O)c1cn(CC)c2cc(F)c(F)c(N)c2c1=O. The van der Waals surface area contributed by atoms with Crippen molar-refractivity contribution in [1.82, 2.24) is 9.88 Å². The summed E-state index contributed by atoms with van der Waals surface area (Å²) in [7, 11) is 0. The van der Waals surface area contributed by atoms with Gasteiger partial charge in [-0.2, -0.15) is 0 Å². The van der Waals surface area contributed by atoms with Gasteiger partial charge in [0, 0.05) is 18.8 Å². The number of nitrogens with two attached hydrogens (primary N) is 1. The van der Waals surface area contributed by atoms with Crippen LogP contribution in [0.4, 0.5) is 14.5 Å². The van der Waals surface area contributed by atoms with Crippen molar-refractivity contribution >= 4 is 28.5 Å². The zero-order valence-electron chi connectivity index (χ0n) is 13.7. The molecule has 1 heterocycles. The van der Waals surface area contributed by atoms with E-state index in [9.17, 15) is 23.2 Å². The number of nitrogen functional groups attached to an aromatic ring is 1. The van der Waals surface area contributed by atoms with Gasteiger partial charge < -0.3 is 20.4 Å². The number of amides is 1. The van der Waals surface area contributed by atoms with E-state index in [1.807, 2.05) is 0 Å². The molecule has 0 bridgehead atoms. The summed E-state index contributed by atoms with van der Waals surface area (Å²) in [5, 5.41) is 1.96. The molecule has 0 atom stereocenters. The van der Waals surface area contributed by atoms with E-state index < -0.39 is 41.2 Å². The second-order valence-electron chi connectivity index (χ2n) is 5.13. The normalized spacial score (nSPS) is 10.7. The summed E-state index contributed by atoms with van der Waals surface area (Å²) < 4.78 is 33.4. The van der Waals surface area contributed by atoms with E-state index in [1.54, 1.807) is 13.8 Å². The number of nitrogens with one attached hydrogen (secondary N) is 1. The Bertz CT molecular complexity index is 909. The van der Waals surface area contributed by atoms with Gasteiger partial charge in [0.2, 0.25) is 5.43 Å². The fourth-order valence-electron chi connectivity index (χ4n) is 2.40. The molecule has 2 aromatic rings. The van der Waals surface area contributed by atoms with Gasteiger partial charge in [-0.1, -0.05) is 0 Å². The fourth-order valence-corrected chi connectivity index (χ4v) is 2.40. The monoisotopic (exact) mass is 353 g/mol. The first-order valence-corrected chi connectivity index (χ1v) is 7.56. The van der Waals surface area contributed by atoms with E-state index in [0.717, 1.165) is 6.07 Å². The average Bonchev–Trinajstić information content (AvgIpc) is 2.58. The molecule has 9 heteroatoms. The average molecular weight is 353 g/mol. The van der Waals surface area contributed by atoms with Gasteiger partial charge in [-0.15, -0.1) is 0 Å². The van der Waals surface area contributed by atoms with Crippen molar-refractivity contribution in [1.29, 1.82) is 0 Å². The molecule has 0 aliphatic carbocycles. The number of carbonyl (C=O) groups excluding carboxylic acids is 2. The topological polar surface area (TPSA) is 103 Å². The number of aromatic nitrogens is 1. The lowest BCUT2D eigenvalue weighted by Crippen LogP contribution is -2.34. The highest BCUT2D eigenvalue weighted by atomic mass is 19.2. The first kappa shape index (κ1) is 18.4. The number of hydrogen-bond donors (Lipinski definition) is 2. The van der Waals surface area contributed by atoms with Gasteiger partial charge in [0.25, 0.3) is 5.91 Å². The summed E-state index contributed by atoms with van der Waals surface area (Å²) in [5.74, 6) is -4.05. The van der Waals surface area contributed by atoms with Crippen molar-refractivity contribution in [2.45, 2.75) is 20.4 Å². The van der Waals surface area contributed by atoms with Crippen LogP contribution in [0.5, 0.6) is 0 Å². The first-order chi connectivity index (χ1) is 11.8. The number of halogens is 2. The molecule has 0 saturated carbocycles. The Kier molecular flexibility index (Phi) is 5.35. The molecule has 0 fully saturated rings. The Balaban J connectivity index is 2.55. The first-order valence-electron chi connectivity index (χ1n) is 7.56. The summed E-state index contributed by atoms with van der Waals surface area (Å²) >= 11 is 0. The number of nitrogens with zero attached hydrogens (tertiary/aromatic N) is 1. The summed E-state index contributed by atoms with van der Waals surface area (Å²) in [6.45, 7) is 3.30. The van der Waals surface area contributed by atoms with Crippen molar-refractivity contribution < 1.29 is 23.1 Å². The minimum Gasteiger partial charge on any atom is -0.465 e. The third kappa shape index (κ3) is 3.44. The van der Waals surface area contributed by atoms with Crippen LogP contribution in [0, 0.1) is 11.6 Å². The number of benzene rings is 1. The molecule has 0 unspecified atom stereocenters. The number of ether oxygens (including phenoxy) is 1. The van der Waals surface area contributed by atoms with Crippen LogP contribution in [0.1, 0.15) is 24.2 Å². The quantitative estimate of drug-likeness (QED) is 0.620. The summed E-state index contributed by atoms with van der Waals surface area (Å²) in [6, 6.07) is 0.853. The maximum Gasteiger partial charge on any atom is 0.325 e. The minimum atomic E-state index is -1.35. The van der Waals surface area contributed by atoms with Gasteiger partial charge >= 0.3 is 5.97 Å². The number of carbonyl (C=O) groups is 2. The van der Waals surface area contributed by atoms with Gasteiger partial charge in [-0.05, 0) is 13.8 Å². The fraction of sp³-hybridized carbons (Fsp3) is 0.312. The van der Waals surface area contributed by atoms with E-state index in [1.165, 1.54) is 10.8 Å². The molecule has 0 saturated heterocycles. The lowest BCUT2D eigenvalue weighted by Gasteiger charge is -2.13. The van der Waals surface area contributed by atoms with Crippen LogP contribution >= 0.6 is 0 Å². The molecular formula is C16H17F2N3O4. The van der Waals surface area contributed by atoms with Crippen LogP contribution in [-0.2, 0) is 16.1 Å². The van der Waals surface area contributed by atoms with Crippen molar-refractivity contribution in [3.63, 3.8) is 0 Å². The Hall–Kier alpha value is -2.97. The summed E-state index contributed by atoms with van der Waals surface area (Å²) in [4.78, 5) is 36.0. The Morgan fingerprint density at radius 2 is 2.00 bits per heavy atom. The Morgan fingerprint density at radius 1 is 1.32 bits per heavy atom. The van der Waals surface area contributed by atoms with Crippen LogP contribution in [0.15, 0.2) is 17.1 Å². The van der Waals surface area contributed by atoms with Gasteiger partial charge in [0.1, 0.15) is 12.1 Å². The smallest absolute Gasteiger partial charge is 0.325 e. The number of aryl methyl sites for hydroxylation is 1. The van der Waals surface area contributed by atoms with E-state index in [2.05, 4.69) is 10.1 Å². The third-order valence-corrected chi connectivity index (χ3v) is 3.59. The molecule has 0 spiro atoms. The van der Waals surface area contributed by atoms with E-state index >= 15 is 0 Å². The van der Waals surface area contributed by atoms with Gasteiger partial charge in [-0.25, -0.2) is 8.78 Å². The van der Waals surface area contributed by atoms with Crippen LogP contribution in [0.3, 0.4) is 0 Å². The lowest BCUT2D eigenvalue weighted by molar-refractivity contribution is -0.141. The third-order valence-electron chi connectivity index (χ3n) is 3.59. The molecular weight excluding hydrogens is 336 g/mol. The number of rotatable bonds is 5. The lowest BCUT2D eigenvalue weighted by atomic mass is 10.1. The van der Waals surface area contributed by atoms with Crippen molar-refractivity contribution in [2.24, 2.45) is 0 Å². The van der Waals surface area contributed by atoms with Gasteiger partial charge in [0.05, 0.1) is 23.2 Å². The van der Waals surface area contributed by atoms with Crippen LogP contribution < -0.4 is 16.5 Å². The maximum atomic E-state index is 13.7. The standard InChI is InChI=1S/C16H17F2N3O4/c1-3-21-7-8(16(24)20-6-11(22)25-4-2)15(23)12-10(21)5-9(17)13(18)14(12)19/h5,7H,3-4,6,19H2,1-2H3,(H,20,24). The molecule has 1 amide bonds. The van der Waals surface area contributed by atoms with Crippen LogP contribution in [0.25, 0.3) is 10.9 Å². The Labute approximate surface area is 141 Å². The molecule has 0 radical (unpaired) electrons. The van der Waals surface area contributed by atoms with Gasteiger partial charge in [-0.3, -0.25) is 14.4 Å². The van der Waals surface area contributed by atoms with Crippen LogP contribution in [0.2, 0.25) is 0 Å². The molecule has 7 nitrogen and oxygen atoms in total. The molecule has 25 heavy (non-hydrogen) atoms. The molecule has 134 valence electrons. The Morgan fingerprint density at radius 3 is 2.60 bits per heavy atom. The van der Waals surface area contributed by atoms with E-state index in [-0.39, 0.29) is 29.6 Å².